The molecule has 1 atom stereocenters. The van der Waals surface area contributed by atoms with Gasteiger partial charge in [-0.05, 0) is 24.3 Å². The molecule has 0 aliphatic carbocycles. The third-order valence-electron chi connectivity index (χ3n) is 4.58. The molecule has 2 aromatic rings. The second kappa shape index (κ2) is 8.13. The zero-order valence-corrected chi connectivity index (χ0v) is 15.7. The van der Waals surface area contributed by atoms with Crippen LogP contribution in [-0.4, -0.2) is 37.5 Å². The lowest BCUT2D eigenvalue weighted by Gasteiger charge is -2.20. The summed E-state index contributed by atoms with van der Waals surface area (Å²) < 4.78 is 23.9. The van der Waals surface area contributed by atoms with E-state index >= 15 is 0 Å². The summed E-state index contributed by atoms with van der Waals surface area (Å²) in [7, 11) is 2.97. The number of methoxy groups -OCH3 is 2. The highest BCUT2D eigenvalue weighted by atomic mass is 19.1. The number of nitro benzene ring substituents is 1. The maximum Gasteiger partial charge on any atom is 0.306 e. The zero-order chi connectivity index (χ0) is 21.1. The number of halogens is 1. The molecule has 0 radical (unpaired) electrons. The Morgan fingerprint density at radius 1 is 1.24 bits per heavy atom. The fourth-order valence-electron chi connectivity index (χ4n) is 3.10. The van der Waals surface area contributed by atoms with Crippen LogP contribution in [0.25, 0.3) is 0 Å². The Labute approximate surface area is 165 Å². The molecule has 0 spiro atoms. The van der Waals surface area contributed by atoms with Gasteiger partial charge >= 0.3 is 5.69 Å². The van der Waals surface area contributed by atoms with Gasteiger partial charge < -0.3 is 19.7 Å². The van der Waals surface area contributed by atoms with Gasteiger partial charge in [0, 0.05) is 30.8 Å². The van der Waals surface area contributed by atoms with Crippen LogP contribution in [0.2, 0.25) is 0 Å². The molecule has 0 aromatic heterocycles. The van der Waals surface area contributed by atoms with Gasteiger partial charge in [0.1, 0.15) is 11.5 Å². The molecule has 9 nitrogen and oxygen atoms in total. The number of ether oxygens (including phenoxy) is 2. The largest absolute Gasteiger partial charge is 0.497 e. The predicted molar refractivity (Wildman–Crippen MR) is 102 cm³/mol. The highest BCUT2D eigenvalue weighted by Crippen LogP contribution is 2.36. The van der Waals surface area contributed by atoms with E-state index in [0.29, 0.717) is 17.2 Å². The molecule has 1 N–H and O–H groups in total. The topological polar surface area (TPSA) is 111 Å². The monoisotopic (exact) mass is 403 g/mol. The second-order valence-electron chi connectivity index (χ2n) is 6.36. The molecule has 152 valence electrons. The van der Waals surface area contributed by atoms with E-state index in [4.69, 9.17) is 9.47 Å². The average molecular weight is 403 g/mol. The van der Waals surface area contributed by atoms with Gasteiger partial charge in [-0.3, -0.25) is 19.7 Å². The van der Waals surface area contributed by atoms with Crippen molar-refractivity contribution in [3.63, 3.8) is 0 Å². The number of nitrogens with one attached hydrogen (secondary N) is 1. The molecule has 1 saturated heterocycles. The Balaban J connectivity index is 1.78. The number of carbonyl (C=O) groups excluding carboxylic acids is 2. The van der Waals surface area contributed by atoms with Crippen LogP contribution in [0.5, 0.6) is 11.5 Å². The predicted octanol–water partition coefficient (Wildman–Crippen LogP) is 2.74. The molecule has 2 amide bonds. The number of hydrogen-bond acceptors (Lipinski definition) is 6. The van der Waals surface area contributed by atoms with Crippen molar-refractivity contribution >= 4 is 28.9 Å². The van der Waals surface area contributed by atoms with E-state index < -0.39 is 28.3 Å². The van der Waals surface area contributed by atoms with E-state index in [0.717, 1.165) is 12.1 Å². The van der Waals surface area contributed by atoms with Crippen molar-refractivity contribution in [1.82, 2.24) is 0 Å². The van der Waals surface area contributed by atoms with Crippen molar-refractivity contribution in [3.05, 3.63) is 52.3 Å². The second-order valence-corrected chi connectivity index (χ2v) is 6.36. The van der Waals surface area contributed by atoms with Crippen molar-refractivity contribution < 1.29 is 28.4 Å². The van der Waals surface area contributed by atoms with Gasteiger partial charge in [-0.15, -0.1) is 0 Å². The van der Waals surface area contributed by atoms with Crippen molar-refractivity contribution in [2.75, 3.05) is 31.0 Å². The van der Waals surface area contributed by atoms with Crippen LogP contribution in [0, 0.1) is 21.8 Å². The Kier molecular flexibility index (Phi) is 5.62. The number of anilines is 2. The lowest BCUT2D eigenvalue weighted by molar-refractivity contribution is -0.387. The molecular weight excluding hydrogens is 385 g/mol. The summed E-state index contributed by atoms with van der Waals surface area (Å²) in [4.78, 5) is 36.5. The molecule has 0 saturated carbocycles. The molecule has 0 unspecified atom stereocenters. The van der Waals surface area contributed by atoms with Crippen molar-refractivity contribution in [2.45, 2.75) is 6.42 Å². The first kappa shape index (κ1) is 20.1. The van der Waals surface area contributed by atoms with Gasteiger partial charge in [0.25, 0.3) is 0 Å². The molecule has 1 aliphatic rings. The summed E-state index contributed by atoms with van der Waals surface area (Å²) in [6.07, 6.45) is -0.0461. The van der Waals surface area contributed by atoms with Crippen molar-refractivity contribution in [1.29, 1.82) is 0 Å². The third-order valence-corrected chi connectivity index (χ3v) is 4.58. The van der Waals surface area contributed by atoms with Crippen LogP contribution >= 0.6 is 0 Å². The van der Waals surface area contributed by atoms with Crippen LogP contribution in [0.3, 0.4) is 0 Å². The number of amides is 2. The van der Waals surface area contributed by atoms with Crippen LogP contribution < -0.4 is 19.7 Å². The number of hydrogen-bond donors (Lipinski definition) is 1. The van der Waals surface area contributed by atoms with Crippen LogP contribution in [0.1, 0.15) is 6.42 Å². The molecule has 1 heterocycles. The highest BCUT2D eigenvalue weighted by molar-refractivity contribution is 6.04. The zero-order valence-electron chi connectivity index (χ0n) is 15.7. The van der Waals surface area contributed by atoms with Gasteiger partial charge in [-0.25, -0.2) is 0 Å². The summed E-state index contributed by atoms with van der Waals surface area (Å²) in [5.74, 6) is -1.48. The molecular formula is C19H18FN3O6. The maximum atomic E-state index is 13.5. The minimum absolute atomic E-state index is 0.0461. The van der Waals surface area contributed by atoms with E-state index in [1.165, 1.54) is 25.2 Å². The fraction of sp³-hybridized carbons (Fsp3) is 0.263. The SMILES string of the molecule is COc1ccc(OC)c(N2C[C@@H](C(=O)Nc3ccc(F)c([N+](=O)[O-])c3)CC2=O)c1. The van der Waals surface area contributed by atoms with Crippen molar-refractivity contribution in [2.24, 2.45) is 5.92 Å². The molecule has 1 fully saturated rings. The summed E-state index contributed by atoms with van der Waals surface area (Å²) in [5, 5.41) is 13.4. The van der Waals surface area contributed by atoms with E-state index in [9.17, 15) is 24.1 Å². The standard InChI is InChI=1S/C19H18FN3O6/c1-28-13-4-6-17(29-2)16(9-13)22-10-11(7-18(22)24)19(25)21-12-3-5-14(20)15(8-12)23(26)27/h3-6,8-9,11H,7,10H2,1-2H3,(H,21,25)/t11-/m0/s1. The Hall–Kier alpha value is -3.69. The van der Waals surface area contributed by atoms with Crippen LogP contribution in [0.15, 0.2) is 36.4 Å². The van der Waals surface area contributed by atoms with Gasteiger partial charge in [-0.1, -0.05) is 0 Å². The quantitative estimate of drug-likeness (QED) is 0.586. The van der Waals surface area contributed by atoms with E-state index in [-0.39, 0.29) is 24.6 Å². The first-order chi connectivity index (χ1) is 13.8. The van der Waals surface area contributed by atoms with Gasteiger partial charge in [-0.2, -0.15) is 4.39 Å². The highest BCUT2D eigenvalue weighted by Gasteiger charge is 2.36. The molecule has 3 rings (SSSR count). The van der Waals surface area contributed by atoms with E-state index in [2.05, 4.69) is 5.32 Å². The molecule has 1 aliphatic heterocycles. The van der Waals surface area contributed by atoms with Gasteiger partial charge in [0.05, 0.1) is 30.7 Å². The number of benzene rings is 2. The average Bonchev–Trinajstić information content (AvgIpc) is 3.10. The first-order valence-corrected chi connectivity index (χ1v) is 8.61. The summed E-state index contributed by atoms with van der Waals surface area (Å²) in [5.41, 5.74) is -0.189. The Bertz CT molecular complexity index is 980. The summed E-state index contributed by atoms with van der Waals surface area (Å²) >= 11 is 0. The van der Waals surface area contributed by atoms with Crippen LogP contribution in [-0.2, 0) is 9.59 Å². The first-order valence-electron chi connectivity index (χ1n) is 8.61. The number of nitro groups is 1. The molecule has 10 heteroatoms. The van der Waals surface area contributed by atoms with E-state index in [1.54, 1.807) is 18.2 Å². The normalized spacial score (nSPS) is 15.9. The Morgan fingerprint density at radius 3 is 2.66 bits per heavy atom. The minimum atomic E-state index is -1.000. The minimum Gasteiger partial charge on any atom is -0.497 e. The lowest BCUT2D eigenvalue weighted by atomic mass is 10.1. The molecule has 29 heavy (non-hydrogen) atoms. The third kappa shape index (κ3) is 4.10. The number of carbonyl (C=O) groups is 2. The summed E-state index contributed by atoms with van der Waals surface area (Å²) in [6, 6.07) is 8.05. The van der Waals surface area contributed by atoms with Gasteiger partial charge in [0.15, 0.2) is 0 Å². The Morgan fingerprint density at radius 2 is 2.00 bits per heavy atom. The number of rotatable bonds is 6. The van der Waals surface area contributed by atoms with E-state index in [1.807, 2.05) is 0 Å². The van der Waals surface area contributed by atoms with Crippen LogP contribution in [0.4, 0.5) is 21.5 Å². The molecule has 2 aromatic carbocycles. The fourth-order valence-corrected chi connectivity index (χ4v) is 3.10. The van der Waals surface area contributed by atoms with Gasteiger partial charge in [0.2, 0.25) is 17.6 Å². The molecule has 0 bridgehead atoms. The van der Waals surface area contributed by atoms with Crippen molar-refractivity contribution in [3.8, 4) is 11.5 Å². The lowest BCUT2D eigenvalue weighted by Crippen LogP contribution is -2.28. The maximum absolute atomic E-state index is 13.5. The summed E-state index contributed by atoms with van der Waals surface area (Å²) in [6.45, 7) is 0.0947. The number of nitrogens with zero attached hydrogens (tertiary/aromatic N) is 2. The smallest absolute Gasteiger partial charge is 0.306 e.